The number of carbonyl (C=O) groups excluding carboxylic acids is 1. The van der Waals surface area contributed by atoms with Gasteiger partial charge in [-0.3, -0.25) is 9.52 Å². The van der Waals surface area contributed by atoms with Crippen molar-refractivity contribution < 1.29 is 13.2 Å². The number of aromatic nitrogens is 3. The average molecular weight is 385 g/mol. The SMILES string of the molecule is CC(NC(=O)c1ccccc1NS(C)(=O)=O)c1ccc(-n2cncn2)cc1. The van der Waals surface area contributed by atoms with Gasteiger partial charge < -0.3 is 5.32 Å². The van der Waals surface area contributed by atoms with E-state index in [1.54, 1.807) is 35.3 Å². The number of para-hydroxylation sites is 1. The Bertz CT molecular complexity index is 1030. The van der Waals surface area contributed by atoms with E-state index in [0.717, 1.165) is 17.5 Å². The van der Waals surface area contributed by atoms with Gasteiger partial charge in [0, 0.05) is 0 Å². The smallest absolute Gasteiger partial charge is 0.253 e. The summed E-state index contributed by atoms with van der Waals surface area (Å²) in [6, 6.07) is 13.7. The Morgan fingerprint density at radius 3 is 2.44 bits per heavy atom. The van der Waals surface area contributed by atoms with Crippen molar-refractivity contribution in [3.05, 3.63) is 72.3 Å². The van der Waals surface area contributed by atoms with Crippen LogP contribution in [0.25, 0.3) is 5.69 Å². The lowest BCUT2D eigenvalue weighted by Crippen LogP contribution is -2.27. The minimum absolute atomic E-state index is 0.242. The van der Waals surface area contributed by atoms with E-state index in [1.807, 2.05) is 31.2 Å². The number of benzene rings is 2. The minimum atomic E-state index is -3.48. The highest BCUT2D eigenvalue weighted by molar-refractivity contribution is 7.92. The predicted octanol–water partition coefficient (Wildman–Crippen LogP) is 2.13. The molecule has 9 heteroatoms. The maximum atomic E-state index is 12.6. The van der Waals surface area contributed by atoms with Gasteiger partial charge in [-0.15, -0.1) is 0 Å². The molecule has 0 saturated carbocycles. The molecule has 3 aromatic rings. The van der Waals surface area contributed by atoms with Gasteiger partial charge in [-0.1, -0.05) is 24.3 Å². The number of amides is 1. The van der Waals surface area contributed by atoms with Crippen LogP contribution < -0.4 is 10.0 Å². The quantitative estimate of drug-likeness (QED) is 0.676. The molecule has 1 amide bonds. The van der Waals surface area contributed by atoms with E-state index in [-0.39, 0.29) is 23.2 Å². The second kappa shape index (κ2) is 7.58. The van der Waals surface area contributed by atoms with Crippen LogP contribution in [-0.2, 0) is 10.0 Å². The third-order valence-corrected chi connectivity index (χ3v) is 4.48. The Hall–Kier alpha value is -3.20. The zero-order valence-corrected chi connectivity index (χ0v) is 15.6. The predicted molar refractivity (Wildman–Crippen MR) is 102 cm³/mol. The molecule has 1 aromatic heterocycles. The maximum absolute atomic E-state index is 12.6. The molecule has 3 rings (SSSR count). The molecule has 0 spiro atoms. The van der Waals surface area contributed by atoms with Crippen molar-refractivity contribution in [3.8, 4) is 5.69 Å². The number of carbonyl (C=O) groups is 1. The first-order valence-electron chi connectivity index (χ1n) is 8.16. The topological polar surface area (TPSA) is 106 Å². The normalized spacial score (nSPS) is 12.4. The Labute approximate surface area is 157 Å². The molecule has 1 heterocycles. The number of nitrogens with one attached hydrogen (secondary N) is 2. The molecule has 2 N–H and O–H groups in total. The highest BCUT2D eigenvalue weighted by atomic mass is 32.2. The summed E-state index contributed by atoms with van der Waals surface area (Å²) in [5, 5.41) is 6.95. The van der Waals surface area contributed by atoms with E-state index in [9.17, 15) is 13.2 Å². The summed E-state index contributed by atoms with van der Waals surface area (Å²) < 4.78 is 27.0. The van der Waals surface area contributed by atoms with Gasteiger partial charge in [-0.25, -0.2) is 18.1 Å². The fraction of sp³-hybridized carbons (Fsp3) is 0.167. The molecule has 2 aromatic carbocycles. The molecule has 27 heavy (non-hydrogen) atoms. The number of anilines is 1. The first-order chi connectivity index (χ1) is 12.8. The lowest BCUT2D eigenvalue weighted by molar-refractivity contribution is 0.0941. The van der Waals surface area contributed by atoms with Gasteiger partial charge in [0.05, 0.1) is 29.2 Å². The molecule has 140 valence electrons. The first-order valence-corrected chi connectivity index (χ1v) is 10.1. The lowest BCUT2D eigenvalue weighted by Gasteiger charge is -2.16. The highest BCUT2D eigenvalue weighted by Gasteiger charge is 2.16. The molecule has 0 aliphatic carbocycles. The summed E-state index contributed by atoms with van der Waals surface area (Å²) in [6.45, 7) is 1.86. The Morgan fingerprint density at radius 2 is 1.81 bits per heavy atom. The van der Waals surface area contributed by atoms with Crippen molar-refractivity contribution in [2.75, 3.05) is 11.0 Å². The molecule has 0 saturated heterocycles. The monoisotopic (exact) mass is 385 g/mol. The summed E-state index contributed by atoms with van der Waals surface area (Å²) >= 11 is 0. The van der Waals surface area contributed by atoms with E-state index < -0.39 is 10.0 Å². The number of nitrogens with zero attached hydrogens (tertiary/aromatic N) is 3. The number of hydrogen-bond donors (Lipinski definition) is 2. The van der Waals surface area contributed by atoms with Crippen molar-refractivity contribution in [2.45, 2.75) is 13.0 Å². The van der Waals surface area contributed by atoms with Gasteiger partial charge in [-0.05, 0) is 36.8 Å². The molecule has 0 bridgehead atoms. The van der Waals surface area contributed by atoms with Crippen LogP contribution in [0.3, 0.4) is 0 Å². The van der Waals surface area contributed by atoms with Crippen LogP contribution in [0.15, 0.2) is 61.2 Å². The van der Waals surface area contributed by atoms with Crippen molar-refractivity contribution >= 4 is 21.6 Å². The van der Waals surface area contributed by atoms with Crippen LogP contribution in [0, 0.1) is 0 Å². The maximum Gasteiger partial charge on any atom is 0.253 e. The van der Waals surface area contributed by atoms with E-state index >= 15 is 0 Å². The zero-order chi connectivity index (χ0) is 19.4. The summed E-state index contributed by atoms with van der Waals surface area (Å²) in [7, 11) is -3.48. The second-order valence-electron chi connectivity index (χ2n) is 6.05. The molecule has 0 fully saturated rings. The third kappa shape index (κ3) is 4.70. The van der Waals surface area contributed by atoms with E-state index in [4.69, 9.17) is 0 Å². The molecule has 0 aliphatic heterocycles. The Balaban J connectivity index is 1.74. The molecule has 0 radical (unpaired) electrons. The highest BCUT2D eigenvalue weighted by Crippen LogP contribution is 2.19. The molecular weight excluding hydrogens is 366 g/mol. The van der Waals surface area contributed by atoms with Crippen LogP contribution >= 0.6 is 0 Å². The molecule has 0 aliphatic rings. The van der Waals surface area contributed by atoms with Crippen molar-refractivity contribution in [1.82, 2.24) is 20.1 Å². The fourth-order valence-corrected chi connectivity index (χ4v) is 3.16. The molecular formula is C18H19N5O3S. The Morgan fingerprint density at radius 1 is 1.11 bits per heavy atom. The van der Waals surface area contributed by atoms with Gasteiger partial charge in [0.25, 0.3) is 5.91 Å². The summed E-state index contributed by atoms with van der Waals surface area (Å²) in [6.07, 6.45) is 4.10. The van der Waals surface area contributed by atoms with Crippen LogP contribution in [0.5, 0.6) is 0 Å². The molecule has 1 atom stereocenters. The fourth-order valence-electron chi connectivity index (χ4n) is 2.58. The summed E-state index contributed by atoms with van der Waals surface area (Å²) in [5.74, 6) is -0.366. The van der Waals surface area contributed by atoms with Crippen LogP contribution in [0.2, 0.25) is 0 Å². The second-order valence-corrected chi connectivity index (χ2v) is 7.79. The number of rotatable bonds is 6. The Kier molecular flexibility index (Phi) is 5.22. The van der Waals surface area contributed by atoms with Crippen molar-refractivity contribution in [2.24, 2.45) is 0 Å². The van der Waals surface area contributed by atoms with Gasteiger partial charge in [0.15, 0.2) is 0 Å². The molecule has 8 nitrogen and oxygen atoms in total. The standard InChI is InChI=1S/C18H19N5O3S/c1-13(14-7-9-15(10-8-14)23-12-19-11-20-23)21-18(24)16-5-3-4-6-17(16)22-27(2,25)26/h3-13,22H,1-2H3,(H,21,24). The third-order valence-electron chi connectivity index (χ3n) is 3.89. The van der Waals surface area contributed by atoms with Gasteiger partial charge in [0.1, 0.15) is 12.7 Å². The molecule has 1 unspecified atom stereocenters. The van der Waals surface area contributed by atoms with Gasteiger partial charge in [0.2, 0.25) is 10.0 Å². The van der Waals surface area contributed by atoms with E-state index in [2.05, 4.69) is 20.1 Å². The zero-order valence-electron chi connectivity index (χ0n) is 14.8. The van der Waals surface area contributed by atoms with E-state index in [1.165, 1.54) is 6.33 Å². The van der Waals surface area contributed by atoms with E-state index in [0.29, 0.717) is 0 Å². The minimum Gasteiger partial charge on any atom is -0.345 e. The van der Waals surface area contributed by atoms with Gasteiger partial charge in [-0.2, -0.15) is 5.10 Å². The summed E-state index contributed by atoms with van der Waals surface area (Å²) in [4.78, 5) is 16.5. The first kappa shape index (κ1) is 18.6. The van der Waals surface area contributed by atoms with Gasteiger partial charge >= 0.3 is 0 Å². The van der Waals surface area contributed by atoms with Crippen LogP contribution in [-0.4, -0.2) is 35.3 Å². The number of hydrogen-bond acceptors (Lipinski definition) is 5. The van der Waals surface area contributed by atoms with Crippen LogP contribution in [0.4, 0.5) is 5.69 Å². The number of sulfonamides is 1. The largest absolute Gasteiger partial charge is 0.345 e. The van der Waals surface area contributed by atoms with Crippen molar-refractivity contribution in [3.63, 3.8) is 0 Å². The van der Waals surface area contributed by atoms with Crippen molar-refractivity contribution in [1.29, 1.82) is 0 Å². The average Bonchev–Trinajstić information content (AvgIpc) is 3.15. The lowest BCUT2D eigenvalue weighted by atomic mass is 10.1. The summed E-state index contributed by atoms with van der Waals surface area (Å²) in [5.41, 5.74) is 2.26. The van der Waals surface area contributed by atoms with Crippen LogP contribution in [0.1, 0.15) is 28.9 Å².